The first-order valence-electron chi connectivity index (χ1n) is 9.16. The van der Waals surface area contributed by atoms with Gasteiger partial charge in [-0.3, -0.25) is 4.79 Å². The second kappa shape index (κ2) is 9.36. The van der Waals surface area contributed by atoms with Gasteiger partial charge in [-0.1, -0.05) is 31.2 Å². The molecule has 6 nitrogen and oxygen atoms in total. The van der Waals surface area contributed by atoms with Crippen LogP contribution < -0.4 is 10.0 Å². The number of hydrogen-bond acceptors (Lipinski definition) is 4. The summed E-state index contributed by atoms with van der Waals surface area (Å²) in [5.41, 5.74) is 2.67. The first-order chi connectivity index (χ1) is 14.0. The van der Waals surface area contributed by atoms with Gasteiger partial charge in [0.1, 0.15) is 5.76 Å². The summed E-state index contributed by atoms with van der Waals surface area (Å²) in [5, 5.41) is 2.71. The standard InChI is InChI=1S/C22H22N2O4S/c1-2-17-5-7-18(8-6-17)9-14-22(25)24-19-10-12-21(13-11-19)29(26,27)23-16-20-4-3-15-28-20/h3-15,23H,2,16H2,1H3,(H,24,25)/b14-9+. The fourth-order valence-electron chi connectivity index (χ4n) is 2.60. The van der Waals surface area contributed by atoms with E-state index in [4.69, 9.17) is 4.42 Å². The molecule has 0 aliphatic rings. The topological polar surface area (TPSA) is 88.4 Å². The molecule has 0 aliphatic carbocycles. The maximum Gasteiger partial charge on any atom is 0.248 e. The van der Waals surface area contributed by atoms with Crippen LogP contribution in [0.4, 0.5) is 5.69 Å². The number of anilines is 1. The molecule has 2 aromatic carbocycles. The summed E-state index contributed by atoms with van der Waals surface area (Å²) in [6, 6.07) is 17.3. The predicted molar refractivity (Wildman–Crippen MR) is 113 cm³/mol. The van der Waals surface area contributed by atoms with Gasteiger partial charge in [-0.25, -0.2) is 13.1 Å². The summed E-state index contributed by atoms with van der Waals surface area (Å²) in [7, 11) is -3.67. The molecular weight excluding hydrogens is 388 g/mol. The Morgan fingerprint density at radius 2 is 1.76 bits per heavy atom. The van der Waals surface area contributed by atoms with Crippen LogP contribution in [0.1, 0.15) is 23.8 Å². The highest BCUT2D eigenvalue weighted by Crippen LogP contribution is 2.15. The number of rotatable bonds is 8. The van der Waals surface area contributed by atoms with Crippen LogP contribution in [0.2, 0.25) is 0 Å². The van der Waals surface area contributed by atoms with Crippen LogP contribution in [0.3, 0.4) is 0 Å². The Bertz CT molecular complexity index is 1070. The maximum atomic E-state index is 12.3. The molecule has 1 aromatic heterocycles. The molecule has 0 radical (unpaired) electrons. The Balaban J connectivity index is 1.57. The first kappa shape index (κ1) is 20.6. The smallest absolute Gasteiger partial charge is 0.248 e. The van der Waals surface area contributed by atoms with Crippen molar-refractivity contribution in [3.8, 4) is 0 Å². The van der Waals surface area contributed by atoms with Gasteiger partial charge < -0.3 is 9.73 Å². The van der Waals surface area contributed by atoms with Crippen molar-refractivity contribution in [2.24, 2.45) is 0 Å². The number of nitrogens with one attached hydrogen (secondary N) is 2. The zero-order valence-electron chi connectivity index (χ0n) is 16.0. The lowest BCUT2D eigenvalue weighted by Crippen LogP contribution is -2.23. The minimum absolute atomic E-state index is 0.0673. The summed E-state index contributed by atoms with van der Waals surface area (Å²) in [5.74, 6) is 0.227. The predicted octanol–water partition coefficient (Wildman–Crippen LogP) is 3.97. The van der Waals surface area contributed by atoms with Crippen LogP contribution in [-0.2, 0) is 27.8 Å². The number of hydrogen-bond donors (Lipinski definition) is 2. The number of carbonyl (C=O) groups is 1. The fourth-order valence-corrected chi connectivity index (χ4v) is 3.59. The van der Waals surface area contributed by atoms with Crippen molar-refractivity contribution < 1.29 is 17.6 Å². The van der Waals surface area contributed by atoms with E-state index in [1.807, 2.05) is 24.3 Å². The number of amides is 1. The van der Waals surface area contributed by atoms with Crippen molar-refractivity contribution in [1.82, 2.24) is 4.72 Å². The molecule has 0 fully saturated rings. The molecule has 1 amide bonds. The van der Waals surface area contributed by atoms with E-state index in [-0.39, 0.29) is 17.3 Å². The van der Waals surface area contributed by atoms with Crippen molar-refractivity contribution in [1.29, 1.82) is 0 Å². The molecular formula is C22H22N2O4S. The Labute approximate surface area is 170 Å². The van der Waals surface area contributed by atoms with Gasteiger partial charge in [-0.2, -0.15) is 0 Å². The van der Waals surface area contributed by atoms with Gasteiger partial charge >= 0.3 is 0 Å². The van der Waals surface area contributed by atoms with Gasteiger partial charge in [-0.15, -0.1) is 0 Å². The van der Waals surface area contributed by atoms with E-state index in [1.54, 1.807) is 30.3 Å². The minimum Gasteiger partial charge on any atom is -0.468 e. The summed E-state index contributed by atoms with van der Waals surface area (Å²) in [6.07, 6.45) is 5.62. The Kier molecular flexibility index (Phi) is 6.64. The molecule has 0 aliphatic heterocycles. The van der Waals surface area contributed by atoms with Crippen LogP contribution >= 0.6 is 0 Å². The van der Waals surface area contributed by atoms with Gasteiger partial charge in [0, 0.05) is 11.8 Å². The highest BCUT2D eigenvalue weighted by atomic mass is 32.2. The van der Waals surface area contributed by atoms with E-state index >= 15 is 0 Å². The van der Waals surface area contributed by atoms with Crippen molar-refractivity contribution in [2.75, 3.05) is 5.32 Å². The largest absolute Gasteiger partial charge is 0.468 e. The third-order valence-electron chi connectivity index (χ3n) is 4.26. The van der Waals surface area contributed by atoms with E-state index in [0.29, 0.717) is 11.4 Å². The molecule has 0 bridgehead atoms. The number of furan rings is 1. The van der Waals surface area contributed by atoms with Crippen molar-refractivity contribution in [2.45, 2.75) is 24.8 Å². The third-order valence-corrected chi connectivity index (χ3v) is 5.68. The summed E-state index contributed by atoms with van der Waals surface area (Å²) in [6.45, 7) is 2.15. The fraction of sp³-hybridized carbons (Fsp3) is 0.136. The van der Waals surface area contributed by atoms with E-state index < -0.39 is 10.0 Å². The zero-order chi connectivity index (χ0) is 20.7. The second-order valence-electron chi connectivity index (χ2n) is 6.35. The quantitative estimate of drug-likeness (QED) is 0.550. The van der Waals surface area contributed by atoms with Crippen LogP contribution in [0.5, 0.6) is 0 Å². The third kappa shape index (κ3) is 5.91. The normalized spacial score (nSPS) is 11.6. The Morgan fingerprint density at radius 1 is 1.03 bits per heavy atom. The molecule has 7 heteroatoms. The van der Waals surface area contributed by atoms with Crippen LogP contribution in [0.25, 0.3) is 6.08 Å². The van der Waals surface area contributed by atoms with E-state index in [1.165, 1.54) is 30.0 Å². The summed E-state index contributed by atoms with van der Waals surface area (Å²) < 4.78 is 32.2. The van der Waals surface area contributed by atoms with Crippen molar-refractivity contribution in [3.05, 3.63) is 89.9 Å². The van der Waals surface area contributed by atoms with Crippen LogP contribution in [0, 0.1) is 0 Å². The van der Waals surface area contributed by atoms with E-state index in [2.05, 4.69) is 17.0 Å². The molecule has 150 valence electrons. The number of sulfonamides is 1. The number of carbonyl (C=O) groups excluding carboxylic acids is 1. The molecule has 1 heterocycles. The lowest BCUT2D eigenvalue weighted by Gasteiger charge is -2.07. The van der Waals surface area contributed by atoms with Gasteiger partial charge in [0.25, 0.3) is 0 Å². The van der Waals surface area contributed by atoms with Gasteiger partial charge in [-0.05, 0) is 60.0 Å². The van der Waals surface area contributed by atoms with Crippen molar-refractivity contribution in [3.63, 3.8) is 0 Å². The van der Waals surface area contributed by atoms with Crippen LogP contribution in [-0.4, -0.2) is 14.3 Å². The Morgan fingerprint density at radius 3 is 2.38 bits per heavy atom. The monoisotopic (exact) mass is 410 g/mol. The molecule has 3 rings (SSSR count). The lowest BCUT2D eigenvalue weighted by molar-refractivity contribution is -0.111. The van der Waals surface area contributed by atoms with Gasteiger partial charge in [0.15, 0.2) is 0 Å². The summed E-state index contributed by atoms with van der Waals surface area (Å²) in [4.78, 5) is 12.2. The molecule has 0 saturated carbocycles. The average molecular weight is 410 g/mol. The highest BCUT2D eigenvalue weighted by molar-refractivity contribution is 7.89. The van der Waals surface area contributed by atoms with Gasteiger partial charge in [0.2, 0.25) is 15.9 Å². The zero-order valence-corrected chi connectivity index (χ0v) is 16.8. The SMILES string of the molecule is CCc1ccc(/C=C/C(=O)Nc2ccc(S(=O)(=O)NCc3ccco3)cc2)cc1. The maximum absolute atomic E-state index is 12.3. The number of aryl methyl sites for hydroxylation is 1. The molecule has 0 spiro atoms. The minimum atomic E-state index is -3.67. The Hall–Kier alpha value is -3.16. The molecule has 3 aromatic rings. The van der Waals surface area contributed by atoms with Crippen LogP contribution in [0.15, 0.2) is 82.3 Å². The molecule has 0 unspecified atom stereocenters. The van der Waals surface area contributed by atoms with E-state index in [9.17, 15) is 13.2 Å². The number of benzene rings is 2. The lowest BCUT2D eigenvalue weighted by atomic mass is 10.1. The summed E-state index contributed by atoms with van der Waals surface area (Å²) >= 11 is 0. The van der Waals surface area contributed by atoms with Crippen molar-refractivity contribution >= 4 is 27.7 Å². The highest BCUT2D eigenvalue weighted by Gasteiger charge is 2.14. The van der Waals surface area contributed by atoms with E-state index in [0.717, 1.165) is 12.0 Å². The first-order valence-corrected chi connectivity index (χ1v) is 10.6. The molecule has 0 saturated heterocycles. The molecule has 0 atom stereocenters. The molecule has 29 heavy (non-hydrogen) atoms. The second-order valence-corrected chi connectivity index (χ2v) is 8.11. The molecule has 2 N–H and O–H groups in total. The van der Waals surface area contributed by atoms with Gasteiger partial charge in [0.05, 0.1) is 17.7 Å². The average Bonchev–Trinajstić information content (AvgIpc) is 3.25.